The van der Waals surface area contributed by atoms with E-state index in [1.54, 1.807) is 0 Å². The summed E-state index contributed by atoms with van der Waals surface area (Å²) in [5.74, 6) is 0.895. The first-order valence-electron chi connectivity index (χ1n) is 5.86. The minimum Gasteiger partial charge on any atom is -0.489 e. The topological polar surface area (TPSA) is 26.3 Å². The lowest BCUT2D eigenvalue weighted by Gasteiger charge is -2.18. The molecule has 88 valence electrons. The molecule has 0 aliphatic carbocycles. The van der Waals surface area contributed by atoms with Gasteiger partial charge in [-0.1, -0.05) is 36.4 Å². The first-order valence-corrected chi connectivity index (χ1v) is 5.86. The van der Waals surface area contributed by atoms with E-state index in [1.807, 2.05) is 54.6 Å². The smallest absolute Gasteiger partial charge is 0.150 e. The number of aldehydes is 1. The SMILES string of the molecule is O=Cc1cccc(C2=CCOc3ccccc32)c1. The quantitative estimate of drug-likeness (QED) is 0.748. The van der Waals surface area contributed by atoms with Crippen molar-refractivity contribution in [3.05, 3.63) is 71.3 Å². The van der Waals surface area contributed by atoms with Crippen LogP contribution in [0.4, 0.5) is 0 Å². The fourth-order valence-electron chi connectivity index (χ4n) is 2.19. The molecular weight excluding hydrogens is 224 g/mol. The molecule has 2 heteroatoms. The van der Waals surface area contributed by atoms with Gasteiger partial charge in [0.25, 0.3) is 0 Å². The van der Waals surface area contributed by atoms with E-state index in [1.165, 1.54) is 0 Å². The van der Waals surface area contributed by atoms with Crippen LogP contribution in [0.15, 0.2) is 54.6 Å². The molecule has 0 radical (unpaired) electrons. The highest BCUT2D eigenvalue weighted by Crippen LogP contribution is 2.33. The molecule has 2 aromatic rings. The summed E-state index contributed by atoms with van der Waals surface area (Å²) in [4.78, 5) is 10.8. The van der Waals surface area contributed by atoms with E-state index >= 15 is 0 Å². The molecule has 1 aliphatic rings. The van der Waals surface area contributed by atoms with Crippen LogP contribution in [-0.2, 0) is 0 Å². The average Bonchev–Trinajstić information content (AvgIpc) is 2.47. The van der Waals surface area contributed by atoms with Crippen molar-refractivity contribution in [1.82, 2.24) is 0 Å². The normalized spacial score (nSPS) is 13.2. The van der Waals surface area contributed by atoms with E-state index in [4.69, 9.17) is 4.74 Å². The summed E-state index contributed by atoms with van der Waals surface area (Å²) < 4.78 is 5.59. The van der Waals surface area contributed by atoms with Crippen molar-refractivity contribution in [3.63, 3.8) is 0 Å². The summed E-state index contributed by atoms with van der Waals surface area (Å²) in [7, 11) is 0. The summed E-state index contributed by atoms with van der Waals surface area (Å²) in [5.41, 5.74) is 3.94. The molecule has 0 fully saturated rings. The van der Waals surface area contributed by atoms with E-state index in [-0.39, 0.29) is 0 Å². The molecule has 1 heterocycles. The Bertz CT molecular complexity index is 626. The van der Waals surface area contributed by atoms with Crippen molar-refractivity contribution in [2.75, 3.05) is 6.61 Å². The number of rotatable bonds is 2. The largest absolute Gasteiger partial charge is 0.489 e. The Morgan fingerprint density at radius 2 is 1.94 bits per heavy atom. The monoisotopic (exact) mass is 236 g/mol. The second-order valence-electron chi connectivity index (χ2n) is 4.17. The van der Waals surface area contributed by atoms with Crippen LogP contribution in [0, 0.1) is 0 Å². The van der Waals surface area contributed by atoms with Crippen LogP contribution >= 0.6 is 0 Å². The van der Waals surface area contributed by atoms with Crippen LogP contribution in [0.3, 0.4) is 0 Å². The van der Waals surface area contributed by atoms with E-state index in [2.05, 4.69) is 0 Å². The first-order chi connectivity index (χ1) is 8.88. The Morgan fingerprint density at radius 3 is 2.83 bits per heavy atom. The zero-order valence-corrected chi connectivity index (χ0v) is 9.80. The van der Waals surface area contributed by atoms with Gasteiger partial charge in [-0.05, 0) is 29.3 Å². The van der Waals surface area contributed by atoms with Gasteiger partial charge in [-0.25, -0.2) is 0 Å². The molecule has 0 amide bonds. The van der Waals surface area contributed by atoms with Crippen molar-refractivity contribution in [2.45, 2.75) is 0 Å². The Kier molecular flexibility index (Phi) is 2.69. The van der Waals surface area contributed by atoms with Crippen LogP contribution < -0.4 is 4.74 Å². The maximum Gasteiger partial charge on any atom is 0.150 e. The highest BCUT2D eigenvalue weighted by atomic mass is 16.5. The molecule has 18 heavy (non-hydrogen) atoms. The van der Waals surface area contributed by atoms with Crippen molar-refractivity contribution in [2.24, 2.45) is 0 Å². The van der Waals surface area contributed by atoms with Crippen LogP contribution in [0.1, 0.15) is 21.5 Å². The molecule has 0 saturated heterocycles. The third kappa shape index (κ3) is 1.82. The average molecular weight is 236 g/mol. The fourth-order valence-corrected chi connectivity index (χ4v) is 2.19. The van der Waals surface area contributed by atoms with Crippen molar-refractivity contribution in [3.8, 4) is 5.75 Å². The molecule has 0 unspecified atom stereocenters. The zero-order chi connectivity index (χ0) is 12.4. The van der Waals surface area contributed by atoms with Crippen molar-refractivity contribution >= 4 is 11.9 Å². The molecule has 0 saturated carbocycles. The lowest BCUT2D eigenvalue weighted by atomic mass is 9.94. The molecule has 0 spiro atoms. The number of carbonyl (C=O) groups is 1. The molecular formula is C16H12O2. The van der Waals surface area contributed by atoms with E-state index in [9.17, 15) is 4.79 Å². The van der Waals surface area contributed by atoms with E-state index < -0.39 is 0 Å². The highest BCUT2D eigenvalue weighted by Gasteiger charge is 2.14. The molecule has 3 rings (SSSR count). The Morgan fingerprint density at radius 1 is 1.06 bits per heavy atom. The van der Waals surface area contributed by atoms with Gasteiger partial charge in [0.15, 0.2) is 0 Å². The van der Waals surface area contributed by atoms with Gasteiger partial charge in [-0.2, -0.15) is 0 Å². The van der Waals surface area contributed by atoms with Crippen LogP contribution in [0.2, 0.25) is 0 Å². The molecule has 0 aromatic heterocycles. The Balaban J connectivity index is 2.11. The summed E-state index contributed by atoms with van der Waals surface area (Å²) in [6, 6.07) is 15.6. The lowest BCUT2D eigenvalue weighted by Crippen LogP contribution is -2.05. The number of para-hydroxylation sites is 1. The number of hydrogen-bond acceptors (Lipinski definition) is 2. The fraction of sp³-hybridized carbons (Fsp3) is 0.0625. The van der Waals surface area contributed by atoms with E-state index in [0.29, 0.717) is 12.2 Å². The maximum atomic E-state index is 10.8. The molecule has 1 aliphatic heterocycles. The number of benzene rings is 2. The van der Waals surface area contributed by atoms with Crippen LogP contribution in [0.5, 0.6) is 5.75 Å². The van der Waals surface area contributed by atoms with Gasteiger partial charge in [0.2, 0.25) is 0 Å². The minimum absolute atomic E-state index is 0.567. The molecule has 0 bridgehead atoms. The van der Waals surface area contributed by atoms with Gasteiger partial charge in [-0.15, -0.1) is 0 Å². The van der Waals surface area contributed by atoms with Crippen LogP contribution in [-0.4, -0.2) is 12.9 Å². The Labute approximate surface area is 106 Å². The Hall–Kier alpha value is -2.35. The number of fused-ring (bicyclic) bond motifs is 1. The first kappa shape index (κ1) is 10.8. The number of carbonyl (C=O) groups excluding carboxylic acids is 1. The summed E-state index contributed by atoms with van der Waals surface area (Å²) in [6.45, 7) is 0.567. The number of hydrogen-bond donors (Lipinski definition) is 0. The van der Waals surface area contributed by atoms with Gasteiger partial charge in [0.1, 0.15) is 18.6 Å². The highest BCUT2D eigenvalue weighted by molar-refractivity contribution is 5.86. The zero-order valence-electron chi connectivity index (χ0n) is 9.80. The standard InChI is InChI=1S/C16H12O2/c17-11-12-4-3-5-13(10-12)14-8-9-18-16-7-2-1-6-15(14)16/h1-8,10-11H,9H2. The molecule has 0 N–H and O–H groups in total. The molecule has 0 atom stereocenters. The van der Waals surface area contributed by atoms with Gasteiger partial charge < -0.3 is 4.74 Å². The predicted octanol–water partition coefficient (Wildman–Crippen LogP) is 3.32. The predicted molar refractivity (Wildman–Crippen MR) is 70.8 cm³/mol. The minimum atomic E-state index is 0.567. The number of ether oxygens (including phenoxy) is 1. The van der Waals surface area contributed by atoms with Gasteiger partial charge in [0.05, 0.1) is 0 Å². The third-order valence-electron chi connectivity index (χ3n) is 3.04. The molecule has 2 nitrogen and oxygen atoms in total. The lowest BCUT2D eigenvalue weighted by molar-refractivity contribution is 0.112. The second-order valence-corrected chi connectivity index (χ2v) is 4.17. The second kappa shape index (κ2) is 4.49. The van der Waals surface area contributed by atoms with Crippen molar-refractivity contribution in [1.29, 1.82) is 0 Å². The maximum absolute atomic E-state index is 10.8. The van der Waals surface area contributed by atoms with Gasteiger partial charge >= 0.3 is 0 Å². The third-order valence-corrected chi connectivity index (χ3v) is 3.04. The van der Waals surface area contributed by atoms with Gasteiger partial charge in [-0.3, -0.25) is 4.79 Å². The van der Waals surface area contributed by atoms with Crippen molar-refractivity contribution < 1.29 is 9.53 Å². The molecule has 2 aromatic carbocycles. The van der Waals surface area contributed by atoms with Crippen LogP contribution in [0.25, 0.3) is 5.57 Å². The summed E-state index contributed by atoms with van der Waals surface area (Å²) in [5, 5.41) is 0. The van der Waals surface area contributed by atoms with Gasteiger partial charge in [0, 0.05) is 11.1 Å². The summed E-state index contributed by atoms with van der Waals surface area (Å²) in [6.07, 6.45) is 2.92. The summed E-state index contributed by atoms with van der Waals surface area (Å²) >= 11 is 0. The van der Waals surface area contributed by atoms with E-state index in [0.717, 1.165) is 28.7 Å².